The van der Waals surface area contributed by atoms with Crippen LogP contribution in [0.4, 0.5) is 0 Å². The van der Waals surface area contributed by atoms with Crippen LogP contribution in [0.5, 0.6) is 0 Å². The second-order valence-electron chi connectivity index (χ2n) is 15.8. The van der Waals surface area contributed by atoms with Gasteiger partial charge in [0.05, 0.1) is 12.5 Å². The molecule has 6 bridgehead atoms. The topological polar surface area (TPSA) is 90.9 Å². The van der Waals surface area contributed by atoms with E-state index in [0.29, 0.717) is 36.9 Å². The first-order valence-electron chi connectivity index (χ1n) is 17.1. The van der Waals surface area contributed by atoms with Crippen molar-refractivity contribution in [1.82, 2.24) is 5.32 Å². The van der Waals surface area contributed by atoms with Gasteiger partial charge in [-0.2, -0.15) is 0 Å². The lowest BCUT2D eigenvalue weighted by Gasteiger charge is -2.43. The van der Waals surface area contributed by atoms with Gasteiger partial charge in [0.2, 0.25) is 5.91 Å². The molecule has 0 aliphatic heterocycles. The van der Waals surface area contributed by atoms with E-state index in [1.165, 1.54) is 19.3 Å². The molecule has 0 heterocycles. The van der Waals surface area contributed by atoms with E-state index in [1.54, 1.807) is 0 Å². The standard InChI is InChI=1S/C19H30O2.C16H27NO4/c1-9-10(2)13-8-12(9)16-11-6-14(17(13)16)15(7-11)18(20)21-19(3,4)5;1-4-20-5-6-21-15(18)9-17-16(19)14-8-12-7-13(14)11(3)10(12)2/h9-17H,6-8H2,1-5H3;10-14H,4-9H2,1-3H3,(H,17,19). The number of rotatable bonds is 8. The SMILES string of the molecule is CC1C(C)C2CC1C1C3CC(C(=O)OC(C)(C)C)C(C3)C21.CCOCCOC(=O)CNC(=O)C1CC2CC1C(C)C2C. The van der Waals surface area contributed by atoms with Crippen molar-refractivity contribution >= 4 is 17.8 Å². The van der Waals surface area contributed by atoms with E-state index in [4.69, 9.17) is 14.2 Å². The average Bonchev–Trinajstić information content (AvgIpc) is 3.76. The van der Waals surface area contributed by atoms with Crippen LogP contribution in [-0.2, 0) is 28.6 Å². The molecule has 6 aliphatic rings. The number of esters is 2. The molecule has 7 nitrogen and oxygen atoms in total. The number of hydrogen-bond acceptors (Lipinski definition) is 6. The maximum atomic E-state index is 12.6. The minimum atomic E-state index is -0.396. The second-order valence-corrected chi connectivity index (χ2v) is 15.8. The largest absolute Gasteiger partial charge is 0.462 e. The van der Waals surface area contributed by atoms with Crippen LogP contribution in [-0.4, -0.2) is 49.8 Å². The maximum absolute atomic E-state index is 12.6. The van der Waals surface area contributed by atoms with Gasteiger partial charge in [0.25, 0.3) is 0 Å². The van der Waals surface area contributed by atoms with Gasteiger partial charge in [0.15, 0.2) is 0 Å². The number of fused-ring (bicyclic) bond motifs is 11. The van der Waals surface area contributed by atoms with E-state index in [9.17, 15) is 14.4 Å². The van der Waals surface area contributed by atoms with Gasteiger partial charge in [-0.1, -0.05) is 27.7 Å². The zero-order chi connectivity index (χ0) is 30.5. The molecule has 6 aliphatic carbocycles. The third-order valence-corrected chi connectivity index (χ3v) is 12.9. The monoisotopic (exact) mass is 587 g/mol. The summed E-state index contributed by atoms with van der Waals surface area (Å²) in [6, 6.07) is 0. The van der Waals surface area contributed by atoms with Crippen molar-refractivity contribution in [3.05, 3.63) is 0 Å². The van der Waals surface area contributed by atoms with Gasteiger partial charge in [-0.25, -0.2) is 0 Å². The highest BCUT2D eigenvalue weighted by Gasteiger charge is 2.67. The normalized spacial score (nSPS) is 44.0. The molecule has 0 aromatic rings. The lowest BCUT2D eigenvalue weighted by molar-refractivity contribution is -0.164. The van der Waals surface area contributed by atoms with E-state index < -0.39 is 5.97 Å². The molecule has 7 heteroatoms. The molecule has 6 fully saturated rings. The predicted octanol–water partition coefficient (Wildman–Crippen LogP) is 5.75. The Morgan fingerprint density at radius 3 is 1.95 bits per heavy atom. The summed E-state index contributed by atoms with van der Waals surface area (Å²) in [7, 11) is 0. The van der Waals surface area contributed by atoms with Crippen molar-refractivity contribution < 1.29 is 28.6 Å². The Bertz CT molecular complexity index is 1000. The third kappa shape index (κ3) is 6.02. The molecule has 6 rings (SSSR count). The van der Waals surface area contributed by atoms with Crippen LogP contribution in [0, 0.1) is 82.9 Å². The smallest absolute Gasteiger partial charge is 0.325 e. The summed E-state index contributed by atoms with van der Waals surface area (Å²) in [6.45, 7) is 18.5. The van der Waals surface area contributed by atoms with E-state index in [2.05, 4.69) is 33.0 Å². The third-order valence-electron chi connectivity index (χ3n) is 12.9. The number of carbonyl (C=O) groups is 3. The summed E-state index contributed by atoms with van der Waals surface area (Å²) >= 11 is 0. The van der Waals surface area contributed by atoms with Crippen LogP contribution in [0.1, 0.15) is 87.5 Å². The summed E-state index contributed by atoms with van der Waals surface area (Å²) in [5.41, 5.74) is -0.338. The zero-order valence-corrected chi connectivity index (χ0v) is 27.4. The molecule has 0 spiro atoms. The highest BCUT2D eigenvalue weighted by molar-refractivity contribution is 5.84. The zero-order valence-electron chi connectivity index (χ0n) is 27.4. The van der Waals surface area contributed by atoms with Crippen LogP contribution in [0.3, 0.4) is 0 Å². The Morgan fingerprint density at radius 1 is 0.714 bits per heavy atom. The molecule has 1 N–H and O–H groups in total. The van der Waals surface area contributed by atoms with E-state index in [-0.39, 0.29) is 42.5 Å². The first-order chi connectivity index (χ1) is 19.8. The van der Waals surface area contributed by atoms with Crippen molar-refractivity contribution in [1.29, 1.82) is 0 Å². The maximum Gasteiger partial charge on any atom is 0.325 e. The first-order valence-corrected chi connectivity index (χ1v) is 17.1. The van der Waals surface area contributed by atoms with E-state index in [0.717, 1.165) is 60.2 Å². The molecule has 14 atom stereocenters. The molecule has 0 aromatic carbocycles. The van der Waals surface area contributed by atoms with Gasteiger partial charge < -0.3 is 19.5 Å². The van der Waals surface area contributed by atoms with Gasteiger partial charge in [-0.15, -0.1) is 0 Å². The molecule has 6 saturated carbocycles. The number of carbonyl (C=O) groups excluding carboxylic acids is 3. The minimum Gasteiger partial charge on any atom is -0.462 e. The van der Waals surface area contributed by atoms with Gasteiger partial charge in [0.1, 0.15) is 18.8 Å². The highest BCUT2D eigenvalue weighted by atomic mass is 16.6. The fourth-order valence-corrected chi connectivity index (χ4v) is 10.8. The molecular weight excluding hydrogens is 530 g/mol. The van der Waals surface area contributed by atoms with Crippen LogP contribution in [0.25, 0.3) is 0 Å². The van der Waals surface area contributed by atoms with Crippen molar-refractivity contribution in [3.8, 4) is 0 Å². The van der Waals surface area contributed by atoms with Crippen LogP contribution >= 0.6 is 0 Å². The molecule has 0 saturated heterocycles. The Morgan fingerprint density at radius 2 is 1.33 bits per heavy atom. The number of amides is 1. The van der Waals surface area contributed by atoms with Gasteiger partial charge in [0, 0.05) is 12.5 Å². The number of nitrogens with one attached hydrogen (secondary N) is 1. The van der Waals surface area contributed by atoms with E-state index >= 15 is 0 Å². The van der Waals surface area contributed by atoms with Crippen LogP contribution in [0.15, 0.2) is 0 Å². The summed E-state index contributed by atoms with van der Waals surface area (Å²) in [5.74, 6) is 9.40. The van der Waals surface area contributed by atoms with Gasteiger partial charge in [-0.05, 0) is 131 Å². The quantitative estimate of drug-likeness (QED) is 0.221. The summed E-state index contributed by atoms with van der Waals surface area (Å²) in [6.07, 6.45) is 6.02. The van der Waals surface area contributed by atoms with Crippen molar-refractivity contribution in [2.24, 2.45) is 82.9 Å². The predicted molar refractivity (Wildman–Crippen MR) is 161 cm³/mol. The van der Waals surface area contributed by atoms with Gasteiger partial charge >= 0.3 is 11.9 Å². The average molecular weight is 588 g/mol. The number of ether oxygens (including phenoxy) is 3. The molecule has 1 amide bonds. The van der Waals surface area contributed by atoms with Crippen LogP contribution < -0.4 is 5.32 Å². The van der Waals surface area contributed by atoms with Crippen LogP contribution in [0.2, 0.25) is 0 Å². The fourth-order valence-electron chi connectivity index (χ4n) is 10.8. The second kappa shape index (κ2) is 12.4. The van der Waals surface area contributed by atoms with Crippen molar-refractivity contribution in [3.63, 3.8) is 0 Å². The van der Waals surface area contributed by atoms with Gasteiger partial charge in [-0.3, -0.25) is 14.4 Å². The summed E-state index contributed by atoms with van der Waals surface area (Å²) in [4.78, 5) is 36.3. The Labute approximate surface area is 253 Å². The number of hydrogen-bond donors (Lipinski definition) is 1. The molecule has 0 aromatic heterocycles. The molecule has 0 radical (unpaired) electrons. The Kier molecular flexibility index (Phi) is 9.38. The molecule has 42 heavy (non-hydrogen) atoms. The minimum absolute atomic E-state index is 0.0167. The van der Waals surface area contributed by atoms with Crippen molar-refractivity contribution in [2.45, 2.75) is 93.1 Å². The molecule has 238 valence electrons. The first kappa shape index (κ1) is 31.8. The molecular formula is C35H57NO6. The Balaban J connectivity index is 0.000000168. The van der Waals surface area contributed by atoms with E-state index in [1.807, 2.05) is 27.7 Å². The van der Waals surface area contributed by atoms with Crippen molar-refractivity contribution in [2.75, 3.05) is 26.4 Å². The summed E-state index contributed by atoms with van der Waals surface area (Å²) < 4.78 is 15.8. The lowest BCUT2D eigenvalue weighted by Crippen LogP contribution is -2.42. The lowest BCUT2D eigenvalue weighted by atomic mass is 9.62. The highest BCUT2D eigenvalue weighted by Crippen LogP contribution is 2.71. The fraction of sp³-hybridized carbons (Fsp3) is 0.914. The molecule has 14 unspecified atom stereocenters. The summed E-state index contributed by atoms with van der Waals surface area (Å²) in [5, 5.41) is 2.73. The Hall–Kier alpha value is -1.63.